The van der Waals surface area contributed by atoms with E-state index in [2.05, 4.69) is 40.3 Å². The molecule has 0 aliphatic carbocycles. The van der Waals surface area contributed by atoms with Crippen LogP contribution < -0.4 is 19.2 Å². The molecule has 4 aromatic carbocycles. The molecule has 0 spiro atoms. The Morgan fingerprint density at radius 3 is 2.24 bits per heavy atom. The molecule has 1 amide bonds. The van der Waals surface area contributed by atoms with Crippen molar-refractivity contribution in [2.75, 3.05) is 18.0 Å². The van der Waals surface area contributed by atoms with E-state index in [0.717, 1.165) is 15.4 Å². The van der Waals surface area contributed by atoms with Gasteiger partial charge < -0.3 is 9.47 Å². The van der Waals surface area contributed by atoms with E-state index < -0.39 is 22.5 Å². The number of amides is 1. The minimum absolute atomic E-state index is 0.0840. The summed E-state index contributed by atoms with van der Waals surface area (Å²) in [6.07, 6.45) is 1.44. The molecule has 4 aromatic rings. The maximum Gasteiger partial charge on any atom is 0.264 e. The fourth-order valence-corrected chi connectivity index (χ4v) is 6.11. The van der Waals surface area contributed by atoms with Crippen LogP contribution in [-0.2, 0) is 21.4 Å². The Bertz CT molecular complexity index is 1630. The third-order valence-electron chi connectivity index (χ3n) is 6.35. The summed E-state index contributed by atoms with van der Waals surface area (Å²) in [7, 11) is -2.48. The van der Waals surface area contributed by atoms with E-state index >= 15 is 0 Å². The highest BCUT2D eigenvalue weighted by molar-refractivity contribution is 9.10. The quantitative estimate of drug-likeness (QED) is 0.139. The third kappa shape index (κ3) is 7.77. The number of carbonyl (C=O) groups is 1. The number of carbonyl (C=O) groups excluding carboxylic acids is 1. The van der Waals surface area contributed by atoms with Crippen LogP contribution in [0, 0.1) is 0 Å². The summed E-state index contributed by atoms with van der Waals surface area (Å²) in [4.78, 5) is 13.0. The normalized spacial score (nSPS) is 11.5. The van der Waals surface area contributed by atoms with Gasteiger partial charge in [0.05, 0.1) is 28.4 Å². The molecular formula is C32H32BrN3O5S. The molecule has 10 heteroatoms. The van der Waals surface area contributed by atoms with Crippen LogP contribution in [-0.4, -0.2) is 34.2 Å². The summed E-state index contributed by atoms with van der Waals surface area (Å²) in [5, 5.41) is 4.06. The van der Waals surface area contributed by atoms with Crippen molar-refractivity contribution >= 4 is 43.8 Å². The minimum Gasteiger partial charge on any atom is -0.493 e. The van der Waals surface area contributed by atoms with E-state index in [-0.39, 0.29) is 10.8 Å². The Hall–Kier alpha value is -4.15. The lowest BCUT2D eigenvalue weighted by Gasteiger charge is -2.24. The van der Waals surface area contributed by atoms with Crippen molar-refractivity contribution in [1.29, 1.82) is 0 Å². The van der Waals surface area contributed by atoms with Crippen molar-refractivity contribution in [1.82, 2.24) is 5.43 Å². The molecule has 1 N–H and O–H groups in total. The van der Waals surface area contributed by atoms with Gasteiger partial charge in [0.15, 0.2) is 11.5 Å². The van der Waals surface area contributed by atoms with Crippen LogP contribution in [0.15, 0.2) is 112 Å². The standard InChI is InChI=1S/C32H32BrN3O5S/c1-23(2)26-14-16-27(17-15-26)36(42(38,39)28-12-8-5-9-13-28)21-31(37)35-34-20-25-18-29(33)32(30(19-25)40-3)41-22-24-10-6-4-7-11-24/h4-20,23H,21-22H2,1-3H3,(H,35,37)/b34-20-. The van der Waals surface area contributed by atoms with Gasteiger partial charge in [0.25, 0.3) is 15.9 Å². The van der Waals surface area contributed by atoms with E-state index in [0.29, 0.717) is 33.8 Å². The summed E-state index contributed by atoms with van der Waals surface area (Å²) in [6.45, 7) is 4.01. The van der Waals surface area contributed by atoms with Gasteiger partial charge in [0.1, 0.15) is 13.2 Å². The average molecular weight is 651 g/mol. The van der Waals surface area contributed by atoms with Gasteiger partial charge in [-0.2, -0.15) is 5.10 Å². The fraction of sp³-hybridized carbons (Fsp3) is 0.188. The number of methoxy groups -OCH3 is 1. The van der Waals surface area contributed by atoms with Gasteiger partial charge in [-0.3, -0.25) is 9.10 Å². The summed E-state index contributed by atoms with van der Waals surface area (Å²) < 4.78 is 40.3. The number of benzene rings is 4. The van der Waals surface area contributed by atoms with Crippen LogP contribution in [0.4, 0.5) is 5.69 Å². The molecule has 8 nitrogen and oxygen atoms in total. The minimum atomic E-state index is -4.02. The number of nitrogens with zero attached hydrogens (tertiary/aromatic N) is 2. The molecule has 0 unspecified atom stereocenters. The molecule has 0 saturated carbocycles. The predicted octanol–water partition coefficient (Wildman–Crippen LogP) is 6.51. The molecular weight excluding hydrogens is 618 g/mol. The Balaban J connectivity index is 1.49. The molecule has 0 heterocycles. The first-order valence-electron chi connectivity index (χ1n) is 13.2. The van der Waals surface area contributed by atoms with Gasteiger partial charge in [-0.1, -0.05) is 74.5 Å². The molecule has 0 radical (unpaired) electrons. The monoisotopic (exact) mass is 649 g/mol. The van der Waals surface area contributed by atoms with Crippen molar-refractivity contribution in [3.8, 4) is 11.5 Å². The fourth-order valence-electron chi connectivity index (χ4n) is 4.09. The zero-order valence-corrected chi connectivity index (χ0v) is 25.9. The first kappa shape index (κ1) is 30.8. The lowest BCUT2D eigenvalue weighted by atomic mass is 10.0. The second kappa shape index (κ2) is 14.2. The maximum atomic E-state index is 13.5. The Labute approximate surface area is 255 Å². The molecule has 0 atom stereocenters. The smallest absolute Gasteiger partial charge is 0.264 e. The number of hydrogen-bond donors (Lipinski definition) is 1. The Morgan fingerprint density at radius 2 is 1.62 bits per heavy atom. The van der Waals surface area contributed by atoms with Crippen LogP contribution in [0.1, 0.15) is 36.5 Å². The van der Waals surface area contributed by atoms with Crippen LogP contribution in [0.25, 0.3) is 0 Å². The van der Waals surface area contributed by atoms with E-state index in [1.807, 2.05) is 42.5 Å². The lowest BCUT2D eigenvalue weighted by molar-refractivity contribution is -0.119. The van der Waals surface area contributed by atoms with Gasteiger partial charge in [0, 0.05) is 0 Å². The highest BCUT2D eigenvalue weighted by Gasteiger charge is 2.27. The summed E-state index contributed by atoms with van der Waals surface area (Å²) in [6, 6.07) is 28.4. The zero-order chi connectivity index (χ0) is 30.1. The summed E-state index contributed by atoms with van der Waals surface area (Å²) in [5.41, 5.74) is 5.52. The van der Waals surface area contributed by atoms with E-state index in [1.54, 1.807) is 42.5 Å². The highest BCUT2D eigenvalue weighted by atomic mass is 79.9. The molecule has 0 saturated heterocycles. The topological polar surface area (TPSA) is 97.3 Å². The number of sulfonamides is 1. The molecule has 0 aliphatic heterocycles. The van der Waals surface area contributed by atoms with Gasteiger partial charge >= 0.3 is 0 Å². The van der Waals surface area contributed by atoms with Crippen molar-refractivity contribution in [2.45, 2.75) is 31.3 Å². The summed E-state index contributed by atoms with van der Waals surface area (Å²) >= 11 is 3.52. The Morgan fingerprint density at radius 1 is 0.976 bits per heavy atom. The molecule has 4 rings (SSSR count). The Kier molecular flexibility index (Phi) is 10.4. The average Bonchev–Trinajstić information content (AvgIpc) is 3.00. The van der Waals surface area contributed by atoms with Crippen molar-refractivity contribution in [3.05, 3.63) is 118 Å². The molecule has 0 bridgehead atoms. The van der Waals surface area contributed by atoms with Crippen molar-refractivity contribution in [3.63, 3.8) is 0 Å². The molecule has 0 aliphatic rings. The number of hydrazone groups is 1. The molecule has 0 fully saturated rings. The second-order valence-corrected chi connectivity index (χ2v) is 12.4. The first-order chi connectivity index (χ1) is 20.2. The predicted molar refractivity (Wildman–Crippen MR) is 169 cm³/mol. The van der Waals surface area contributed by atoms with Gasteiger partial charge in [-0.25, -0.2) is 13.8 Å². The van der Waals surface area contributed by atoms with Crippen LogP contribution in [0.5, 0.6) is 11.5 Å². The second-order valence-electron chi connectivity index (χ2n) is 9.67. The van der Waals surface area contributed by atoms with Crippen molar-refractivity contribution < 1.29 is 22.7 Å². The molecule has 42 heavy (non-hydrogen) atoms. The van der Waals surface area contributed by atoms with Crippen LogP contribution in [0.3, 0.4) is 0 Å². The third-order valence-corrected chi connectivity index (χ3v) is 8.72. The lowest BCUT2D eigenvalue weighted by Crippen LogP contribution is -2.39. The van der Waals surface area contributed by atoms with Crippen LogP contribution >= 0.6 is 15.9 Å². The van der Waals surface area contributed by atoms with Crippen molar-refractivity contribution in [2.24, 2.45) is 5.10 Å². The van der Waals surface area contributed by atoms with E-state index in [1.165, 1.54) is 25.5 Å². The molecule has 0 aromatic heterocycles. The van der Waals surface area contributed by atoms with Gasteiger partial charge in [-0.15, -0.1) is 0 Å². The SMILES string of the molecule is COc1cc(/C=N\NC(=O)CN(c2ccc(C(C)C)cc2)S(=O)(=O)c2ccccc2)cc(Br)c1OCc1ccccc1. The maximum absolute atomic E-state index is 13.5. The zero-order valence-electron chi connectivity index (χ0n) is 23.5. The number of anilines is 1. The number of hydrogen-bond acceptors (Lipinski definition) is 6. The number of halogens is 1. The van der Waals surface area contributed by atoms with Gasteiger partial charge in [-0.05, 0) is 74.9 Å². The van der Waals surface area contributed by atoms with E-state index in [4.69, 9.17) is 9.47 Å². The highest BCUT2D eigenvalue weighted by Crippen LogP contribution is 2.37. The number of nitrogens with one attached hydrogen (secondary N) is 1. The first-order valence-corrected chi connectivity index (χ1v) is 15.5. The largest absolute Gasteiger partial charge is 0.493 e. The summed E-state index contributed by atoms with van der Waals surface area (Å²) in [5.74, 6) is 0.692. The number of rotatable bonds is 12. The van der Waals surface area contributed by atoms with Crippen LogP contribution in [0.2, 0.25) is 0 Å². The van der Waals surface area contributed by atoms with E-state index in [9.17, 15) is 13.2 Å². The van der Waals surface area contributed by atoms with Gasteiger partial charge in [0.2, 0.25) is 0 Å². The number of ether oxygens (including phenoxy) is 2. The molecule has 218 valence electrons.